The lowest BCUT2D eigenvalue weighted by Crippen LogP contribution is -2.13. The summed E-state index contributed by atoms with van der Waals surface area (Å²) in [4.78, 5) is 21.1. The van der Waals surface area contributed by atoms with E-state index in [2.05, 4.69) is 15.3 Å². The molecule has 0 spiro atoms. The number of anilines is 1. The van der Waals surface area contributed by atoms with E-state index in [1.165, 1.54) is 11.3 Å². The Hall–Kier alpha value is -2.93. The highest BCUT2D eigenvalue weighted by atomic mass is 32.1. The first-order valence-electron chi connectivity index (χ1n) is 8.07. The minimum atomic E-state index is -0.0944. The van der Waals surface area contributed by atoms with Gasteiger partial charge >= 0.3 is 0 Å². The first-order valence-corrected chi connectivity index (χ1v) is 8.95. The Morgan fingerprint density at radius 2 is 2.04 bits per heavy atom. The van der Waals surface area contributed by atoms with Crippen LogP contribution in [-0.2, 0) is 11.2 Å². The van der Waals surface area contributed by atoms with Gasteiger partial charge in [0, 0.05) is 30.5 Å². The van der Waals surface area contributed by atoms with Crippen LogP contribution in [0.5, 0.6) is 11.5 Å². The minimum Gasteiger partial charge on any atom is -0.497 e. The average molecular weight is 369 g/mol. The summed E-state index contributed by atoms with van der Waals surface area (Å²) in [7, 11) is 3.14. The van der Waals surface area contributed by atoms with Gasteiger partial charge in [-0.3, -0.25) is 9.78 Å². The van der Waals surface area contributed by atoms with Gasteiger partial charge in [0.15, 0.2) is 0 Å². The van der Waals surface area contributed by atoms with E-state index in [1.807, 2.05) is 23.6 Å². The average Bonchev–Trinajstić information content (AvgIpc) is 3.16. The van der Waals surface area contributed by atoms with E-state index >= 15 is 0 Å². The second kappa shape index (κ2) is 8.44. The largest absolute Gasteiger partial charge is 0.497 e. The van der Waals surface area contributed by atoms with Crippen LogP contribution in [0.1, 0.15) is 11.4 Å². The molecular weight excluding hydrogens is 350 g/mol. The third-order valence-electron chi connectivity index (χ3n) is 3.73. The summed E-state index contributed by atoms with van der Waals surface area (Å²) >= 11 is 1.53. The van der Waals surface area contributed by atoms with Gasteiger partial charge in [-0.15, -0.1) is 11.3 Å². The van der Waals surface area contributed by atoms with E-state index in [9.17, 15) is 4.79 Å². The van der Waals surface area contributed by atoms with E-state index in [1.54, 1.807) is 38.6 Å². The molecule has 1 amide bonds. The van der Waals surface area contributed by atoms with Crippen molar-refractivity contribution in [2.45, 2.75) is 12.8 Å². The van der Waals surface area contributed by atoms with Gasteiger partial charge in [0.2, 0.25) is 5.91 Å². The van der Waals surface area contributed by atoms with E-state index in [-0.39, 0.29) is 5.91 Å². The Kier molecular flexibility index (Phi) is 5.80. The lowest BCUT2D eigenvalue weighted by molar-refractivity contribution is -0.116. The van der Waals surface area contributed by atoms with Crippen LogP contribution >= 0.6 is 11.3 Å². The van der Waals surface area contributed by atoms with E-state index < -0.39 is 0 Å². The summed E-state index contributed by atoms with van der Waals surface area (Å²) in [5.74, 6) is 1.14. The number of aryl methyl sites for hydroxylation is 1. The van der Waals surface area contributed by atoms with Gasteiger partial charge in [0.25, 0.3) is 0 Å². The summed E-state index contributed by atoms with van der Waals surface area (Å²) in [5.41, 5.74) is 2.29. The van der Waals surface area contributed by atoms with Gasteiger partial charge in [-0.25, -0.2) is 4.98 Å². The molecule has 0 saturated carbocycles. The van der Waals surface area contributed by atoms with Crippen LogP contribution in [0.15, 0.2) is 48.0 Å². The number of hydrogen-bond donors (Lipinski definition) is 1. The molecule has 7 heteroatoms. The van der Waals surface area contributed by atoms with Crippen molar-refractivity contribution < 1.29 is 14.3 Å². The fourth-order valence-electron chi connectivity index (χ4n) is 2.39. The van der Waals surface area contributed by atoms with Crippen LogP contribution in [0.4, 0.5) is 5.69 Å². The van der Waals surface area contributed by atoms with Crippen molar-refractivity contribution in [3.63, 3.8) is 0 Å². The van der Waals surface area contributed by atoms with Gasteiger partial charge in [0.05, 0.1) is 36.3 Å². The maximum absolute atomic E-state index is 12.3. The topological polar surface area (TPSA) is 73.3 Å². The van der Waals surface area contributed by atoms with Crippen LogP contribution in [0.2, 0.25) is 0 Å². The number of nitrogens with one attached hydrogen (secondary N) is 1. The van der Waals surface area contributed by atoms with Crippen LogP contribution in [0.25, 0.3) is 11.4 Å². The van der Waals surface area contributed by atoms with Crippen LogP contribution in [-0.4, -0.2) is 30.1 Å². The van der Waals surface area contributed by atoms with Crippen molar-refractivity contribution in [2.75, 3.05) is 19.5 Å². The van der Waals surface area contributed by atoms with Crippen molar-refractivity contribution in [2.24, 2.45) is 0 Å². The van der Waals surface area contributed by atoms with Gasteiger partial charge < -0.3 is 14.8 Å². The predicted molar refractivity (Wildman–Crippen MR) is 102 cm³/mol. The minimum absolute atomic E-state index is 0.0944. The molecule has 2 aromatic heterocycles. The number of pyridine rings is 1. The molecule has 3 aromatic rings. The summed E-state index contributed by atoms with van der Waals surface area (Å²) in [6.07, 6.45) is 2.65. The quantitative estimate of drug-likeness (QED) is 0.686. The van der Waals surface area contributed by atoms with E-state index in [4.69, 9.17) is 9.47 Å². The Balaban J connectivity index is 1.59. The van der Waals surface area contributed by atoms with E-state index in [0.29, 0.717) is 30.0 Å². The lowest BCUT2D eigenvalue weighted by Gasteiger charge is -2.11. The number of methoxy groups -OCH3 is 2. The zero-order valence-corrected chi connectivity index (χ0v) is 15.4. The molecule has 2 heterocycles. The molecule has 0 bridgehead atoms. The van der Waals surface area contributed by atoms with Crippen molar-refractivity contribution in [1.82, 2.24) is 9.97 Å². The van der Waals surface area contributed by atoms with Gasteiger partial charge in [0.1, 0.15) is 11.5 Å². The van der Waals surface area contributed by atoms with Crippen LogP contribution in [0, 0.1) is 0 Å². The molecule has 0 aliphatic carbocycles. The Labute approximate surface area is 155 Å². The molecule has 0 unspecified atom stereocenters. The highest BCUT2D eigenvalue weighted by molar-refractivity contribution is 7.09. The fourth-order valence-corrected chi connectivity index (χ4v) is 3.18. The Morgan fingerprint density at radius 1 is 1.15 bits per heavy atom. The number of carbonyl (C=O) groups excluding carboxylic acids is 1. The van der Waals surface area contributed by atoms with E-state index in [0.717, 1.165) is 16.4 Å². The maximum atomic E-state index is 12.3. The number of benzene rings is 1. The SMILES string of the molecule is COc1ccc(NC(=O)CCc2nc(-c3ccccn3)cs2)c(OC)c1. The molecule has 3 rings (SSSR count). The molecule has 1 N–H and O–H groups in total. The van der Waals surface area contributed by atoms with Crippen molar-refractivity contribution >= 4 is 22.9 Å². The lowest BCUT2D eigenvalue weighted by atomic mass is 10.2. The molecule has 134 valence electrons. The summed E-state index contributed by atoms with van der Waals surface area (Å²) in [5, 5.41) is 5.73. The van der Waals surface area contributed by atoms with Gasteiger partial charge in [-0.1, -0.05) is 6.07 Å². The smallest absolute Gasteiger partial charge is 0.224 e. The zero-order chi connectivity index (χ0) is 18.4. The number of ether oxygens (including phenoxy) is 2. The third kappa shape index (κ3) is 4.37. The second-order valence-corrected chi connectivity index (χ2v) is 6.40. The Bertz CT molecular complexity index is 881. The van der Waals surface area contributed by atoms with Crippen molar-refractivity contribution in [3.05, 3.63) is 53.0 Å². The van der Waals surface area contributed by atoms with Crippen molar-refractivity contribution in [1.29, 1.82) is 0 Å². The molecule has 0 atom stereocenters. The van der Waals surface area contributed by atoms with Crippen LogP contribution in [0.3, 0.4) is 0 Å². The first kappa shape index (κ1) is 17.9. The molecular formula is C19H19N3O3S. The summed E-state index contributed by atoms with van der Waals surface area (Å²) in [6, 6.07) is 11.0. The summed E-state index contributed by atoms with van der Waals surface area (Å²) in [6.45, 7) is 0. The molecule has 0 radical (unpaired) electrons. The predicted octanol–water partition coefficient (Wildman–Crippen LogP) is 3.79. The number of thiazole rings is 1. The maximum Gasteiger partial charge on any atom is 0.224 e. The number of rotatable bonds is 7. The highest BCUT2D eigenvalue weighted by Crippen LogP contribution is 2.29. The number of amides is 1. The molecule has 0 saturated heterocycles. The molecule has 0 fully saturated rings. The first-order chi connectivity index (χ1) is 12.7. The zero-order valence-electron chi connectivity index (χ0n) is 14.6. The standard InChI is InChI=1S/C19H19N3O3S/c1-24-13-6-7-15(17(11-13)25-2)21-18(23)8-9-19-22-16(12-26-19)14-5-3-4-10-20-14/h3-7,10-12H,8-9H2,1-2H3,(H,21,23). The molecule has 6 nitrogen and oxygen atoms in total. The fraction of sp³-hybridized carbons (Fsp3) is 0.211. The second-order valence-electron chi connectivity index (χ2n) is 5.46. The molecule has 0 aliphatic heterocycles. The number of carbonyl (C=O) groups is 1. The molecule has 0 aliphatic rings. The Morgan fingerprint density at radius 3 is 2.77 bits per heavy atom. The van der Waals surface area contributed by atoms with Gasteiger partial charge in [-0.05, 0) is 24.3 Å². The number of hydrogen-bond acceptors (Lipinski definition) is 6. The number of nitrogens with zero attached hydrogens (tertiary/aromatic N) is 2. The molecule has 26 heavy (non-hydrogen) atoms. The van der Waals surface area contributed by atoms with Gasteiger partial charge in [-0.2, -0.15) is 0 Å². The normalized spacial score (nSPS) is 10.4. The van der Waals surface area contributed by atoms with Crippen LogP contribution < -0.4 is 14.8 Å². The number of aromatic nitrogens is 2. The summed E-state index contributed by atoms with van der Waals surface area (Å²) < 4.78 is 10.4. The highest BCUT2D eigenvalue weighted by Gasteiger charge is 2.11. The van der Waals surface area contributed by atoms with Crippen molar-refractivity contribution in [3.8, 4) is 22.9 Å². The monoisotopic (exact) mass is 369 g/mol. The third-order valence-corrected chi connectivity index (χ3v) is 4.64. The molecule has 1 aromatic carbocycles.